The maximum atomic E-state index is 12.3. The molecule has 2 rings (SSSR count). The Balaban J connectivity index is 2.12. The SMILES string of the molecule is CCc1ccccc1CNC(=O)c1cnc(C)cc1NC. The molecule has 0 radical (unpaired) electrons. The van der Waals surface area contributed by atoms with Crippen molar-refractivity contribution in [2.24, 2.45) is 0 Å². The number of pyridine rings is 1. The van der Waals surface area contributed by atoms with Crippen LogP contribution >= 0.6 is 0 Å². The fourth-order valence-electron chi connectivity index (χ4n) is 2.29. The van der Waals surface area contributed by atoms with E-state index in [1.807, 2.05) is 31.2 Å². The minimum Gasteiger partial charge on any atom is -0.387 e. The molecule has 0 spiro atoms. The van der Waals surface area contributed by atoms with E-state index in [9.17, 15) is 4.79 Å². The van der Waals surface area contributed by atoms with Gasteiger partial charge in [0.2, 0.25) is 0 Å². The summed E-state index contributed by atoms with van der Waals surface area (Å²) < 4.78 is 0. The van der Waals surface area contributed by atoms with Gasteiger partial charge in [-0.2, -0.15) is 0 Å². The molecule has 1 heterocycles. The van der Waals surface area contributed by atoms with Crippen molar-refractivity contribution in [2.75, 3.05) is 12.4 Å². The molecule has 1 aromatic carbocycles. The van der Waals surface area contributed by atoms with Gasteiger partial charge in [0.15, 0.2) is 0 Å². The lowest BCUT2D eigenvalue weighted by Crippen LogP contribution is -2.24. The van der Waals surface area contributed by atoms with Crippen molar-refractivity contribution in [1.82, 2.24) is 10.3 Å². The highest BCUT2D eigenvalue weighted by Gasteiger charge is 2.11. The minimum absolute atomic E-state index is 0.113. The number of carbonyl (C=O) groups excluding carboxylic acids is 1. The Morgan fingerprint density at radius 3 is 2.62 bits per heavy atom. The molecule has 4 heteroatoms. The Morgan fingerprint density at radius 1 is 1.24 bits per heavy atom. The molecule has 0 aliphatic heterocycles. The van der Waals surface area contributed by atoms with E-state index in [0.29, 0.717) is 12.1 Å². The normalized spacial score (nSPS) is 10.2. The van der Waals surface area contributed by atoms with Gasteiger partial charge in [0.1, 0.15) is 0 Å². The molecule has 1 amide bonds. The molecule has 0 bridgehead atoms. The number of amides is 1. The van der Waals surface area contributed by atoms with Crippen molar-refractivity contribution in [3.63, 3.8) is 0 Å². The van der Waals surface area contributed by atoms with Crippen LogP contribution in [0, 0.1) is 6.92 Å². The summed E-state index contributed by atoms with van der Waals surface area (Å²) in [6.45, 7) is 4.55. The van der Waals surface area contributed by atoms with Crippen LogP contribution in [-0.4, -0.2) is 17.9 Å². The first kappa shape index (κ1) is 15.0. The monoisotopic (exact) mass is 283 g/mol. The highest BCUT2D eigenvalue weighted by atomic mass is 16.1. The number of benzene rings is 1. The standard InChI is InChI=1S/C17H21N3O/c1-4-13-7-5-6-8-14(13)10-20-17(21)15-11-19-12(2)9-16(15)18-3/h5-9,11H,4,10H2,1-3H3,(H,18,19)(H,20,21). The Labute approximate surface area is 125 Å². The van der Waals surface area contributed by atoms with E-state index in [1.165, 1.54) is 5.56 Å². The number of aromatic nitrogens is 1. The number of rotatable bonds is 5. The number of nitrogens with zero attached hydrogens (tertiary/aromatic N) is 1. The second-order valence-corrected chi connectivity index (χ2v) is 4.93. The third-order valence-corrected chi connectivity index (χ3v) is 3.49. The fraction of sp³-hybridized carbons (Fsp3) is 0.294. The topological polar surface area (TPSA) is 54.0 Å². The van der Waals surface area contributed by atoms with Crippen molar-refractivity contribution in [3.8, 4) is 0 Å². The van der Waals surface area contributed by atoms with Crippen LogP contribution in [0.1, 0.15) is 34.1 Å². The van der Waals surface area contributed by atoms with Crippen LogP contribution in [0.2, 0.25) is 0 Å². The molecule has 0 unspecified atom stereocenters. The molecular formula is C17H21N3O. The molecule has 4 nitrogen and oxygen atoms in total. The maximum absolute atomic E-state index is 12.3. The molecule has 0 saturated carbocycles. The largest absolute Gasteiger partial charge is 0.387 e. The lowest BCUT2D eigenvalue weighted by Gasteiger charge is -2.12. The predicted molar refractivity (Wildman–Crippen MR) is 85.5 cm³/mol. The van der Waals surface area contributed by atoms with Crippen molar-refractivity contribution in [2.45, 2.75) is 26.8 Å². The molecule has 110 valence electrons. The number of hydrogen-bond acceptors (Lipinski definition) is 3. The highest BCUT2D eigenvalue weighted by molar-refractivity contribution is 5.99. The van der Waals surface area contributed by atoms with E-state index in [0.717, 1.165) is 23.4 Å². The minimum atomic E-state index is -0.113. The number of carbonyl (C=O) groups is 1. The van der Waals surface area contributed by atoms with Gasteiger partial charge in [-0.05, 0) is 30.5 Å². The van der Waals surface area contributed by atoms with Gasteiger partial charge < -0.3 is 10.6 Å². The third-order valence-electron chi connectivity index (χ3n) is 3.49. The molecule has 0 fully saturated rings. The van der Waals surface area contributed by atoms with Gasteiger partial charge in [-0.25, -0.2) is 0 Å². The first-order valence-corrected chi connectivity index (χ1v) is 7.15. The predicted octanol–water partition coefficient (Wildman–Crippen LogP) is 2.92. The smallest absolute Gasteiger partial charge is 0.255 e. The summed E-state index contributed by atoms with van der Waals surface area (Å²) in [6, 6.07) is 10.0. The molecule has 0 aliphatic rings. The fourth-order valence-corrected chi connectivity index (χ4v) is 2.29. The van der Waals surface area contributed by atoms with Crippen molar-refractivity contribution in [3.05, 3.63) is 58.9 Å². The van der Waals surface area contributed by atoms with Gasteiger partial charge in [-0.3, -0.25) is 9.78 Å². The van der Waals surface area contributed by atoms with Crippen LogP contribution < -0.4 is 10.6 Å². The van der Waals surface area contributed by atoms with E-state index in [1.54, 1.807) is 13.2 Å². The zero-order chi connectivity index (χ0) is 15.2. The quantitative estimate of drug-likeness (QED) is 0.887. The first-order valence-electron chi connectivity index (χ1n) is 7.15. The number of nitrogens with one attached hydrogen (secondary N) is 2. The third kappa shape index (κ3) is 3.60. The molecular weight excluding hydrogens is 262 g/mol. The molecule has 0 saturated heterocycles. The lowest BCUT2D eigenvalue weighted by molar-refractivity contribution is 0.0951. The van der Waals surface area contributed by atoms with Gasteiger partial charge in [-0.1, -0.05) is 31.2 Å². The van der Waals surface area contributed by atoms with Crippen molar-refractivity contribution < 1.29 is 4.79 Å². The van der Waals surface area contributed by atoms with Gasteiger partial charge in [0.25, 0.3) is 5.91 Å². The van der Waals surface area contributed by atoms with Gasteiger partial charge in [0.05, 0.1) is 11.3 Å². The highest BCUT2D eigenvalue weighted by Crippen LogP contribution is 2.15. The second-order valence-electron chi connectivity index (χ2n) is 4.93. The zero-order valence-corrected chi connectivity index (χ0v) is 12.7. The van der Waals surface area contributed by atoms with E-state index in [2.05, 4.69) is 28.6 Å². The van der Waals surface area contributed by atoms with Crippen LogP contribution in [0.5, 0.6) is 0 Å². The van der Waals surface area contributed by atoms with E-state index >= 15 is 0 Å². The summed E-state index contributed by atoms with van der Waals surface area (Å²) in [5.41, 5.74) is 4.65. The summed E-state index contributed by atoms with van der Waals surface area (Å²) in [7, 11) is 1.80. The van der Waals surface area contributed by atoms with Gasteiger partial charge in [0, 0.05) is 25.5 Å². The van der Waals surface area contributed by atoms with E-state index < -0.39 is 0 Å². The maximum Gasteiger partial charge on any atom is 0.255 e. The van der Waals surface area contributed by atoms with Crippen LogP contribution in [-0.2, 0) is 13.0 Å². The molecule has 21 heavy (non-hydrogen) atoms. The van der Waals surface area contributed by atoms with E-state index in [-0.39, 0.29) is 5.91 Å². The average Bonchev–Trinajstić information content (AvgIpc) is 2.52. The Hall–Kier alpha value is -2.36. The summed E-state index contributed by atoms with van der Waals surface area (Å²) in [6.07, 6.45) is 2.57. The van der Waals surface area contributed by atoms with Crippen LogP contribution in [0.15, 0.2) is 36.5 Å². The van der Waals surface area contributed by atoms with Crippen LogP contribution in [0.4, 0.5) is 5.69 Å². The Kier molecular flexibility index (Phi) is 4.93. The summed E-state index contributed by atoms with van der Waals surface area (Å²) in [5.74, 6) is -0.113. The number of anilines is 1. The number of hydrogen-bond donors (Lipinski definition) is 2. The lowest BCUT2D eigenvalue weighted by atomic mass is 10.1. The summed E-state index contributed by atoms with van der Waals surface area (Å²) in [5, 5.41) is 6.00. The Morgan fingerprint density at radius 2 is 1.95 bits per heavy atom. The Bertz CT molecular complexity index is 638. The zero-order valence-electron chi connectivity index (χ0n) is 12.7. The van der Waals surface area contributed by atoms with Crippen LogP contribution in [0.3, 0.4) is 0 Å². The van der Waals surface area contributed by atoms with Crippen LogP contribution in [0.25, 0.3) is 0 Å². The summed E-state index contributed by atoms with van der Waals surface area (Å²) in [4.78, 5) is 16.5. The average molecular weight is 283 g/mol. The van der Waals surface area contributed by atoms with Gasteiger partial charge in [-0.15, -0.1) is 0 Å². The molecule has 2 aromatic rings. The molecule has 2 N–H and O–H groups in total. The summed E-state index contributed by atoms with van der Waals surface area (Å²) >= 11 is 0. The first-order chi connectivity index (χ1) is 10.2. The molecule has 0 aliphatic carbocycles. The van der Waals surface area contributed by atoms with Crippen molar-refractivity contribution >= 4 is 11.6 Å². The second kappa shape index (κ2) is 6.88. The van der Waals surface area contributed by atoms with Gasteiger partial charge >= 0.3 is 0 Å². The molecule has 1 aromatic heterocycles. The molecule has 0 atom stereocenters. The number of aryl methyl sites for hydroxylation is 2. The van der Waals surface area contributed by atoms with Crippen molar-refractivity contribution in [1.29, 1.82) is 0 Å². The van der Waals surface area contributed by atoms with E-state index in [4.69, 9.17) is 0 Å².